The van der Waals surface area contributed by atoms with Crippen molar-refractivity contribution in [3.05, 3.63) is 59.4 Å². The smallest absolute Gasteiger partial charge is 0.235 e. The topological polar surface area (TPSA) is 65.2 Å². The molecule has 0 atom stereocenters. The maximum absolute atomic E-state index is 5.35. The van der Waals surface area contributed by atoms with Gasteiger partial charge in [0.1, 0.15) is 10.8 Å². The zero-order valence-electron chi connectivity index (χ0n) is 12.8. The molecule has 0 spiro atoms. The number of hydrogen-bond acceptors (Lipinski definition) is 6. The first kappa shape index (κ1) is 14.5. The van der Waals surface area contributed by atoms with Crippen LogP contribution in [0, 0.1) is 0 Å². The second kappa shape index (κ2) is 6.21. The molecule has 0 unspecified atom stereocenters. The summed E-state index contributed by atoms with van der Waals surface area (Å²) in [5, 5.41) is 13.8. The Morgan fingerprint density at radius 3 is 2.71 bits per heavy atom. The minimum absolute atomic E-state index is 0.709. The van der Waals surface area contributed by atoms with Crippen LogP contribution in [0.1, 0.15) is 10.6 Å². The van der Waals surface area contributed by atoms with Crippen molar-refractivity contribution < 1.29 is 4.74 Å². The van der Waals surface area contributed by atoms with Gasteiger partial charge in [0.2, 0.25) is 4.96 Å². The maximum atomic E-state index is 5.35. The van der Waals surface area contributed by atoms with Crippen LogP contribution in [0.25, 0.3) is 28.5 Å². The number of fused-ring (bicyclic) bond motifs is 1. The number of methoxy groups -OCH3 is 1. The van der Waals surface area contributed by atoms with E-state index in [9.17, 15) is 0 Å². The van der Waals surface area contributed by atoms with Crippen LogP contribution in [0.4, 0.5) is 0 Å². The van der Waals surface area contributed by atoms with E-state index in [-0.39, 0.29) is 0 Å². The average Bonchev–Trinajstić information content (AvgIpc) is 3.21. The highest BCUT2D eigenvalue weighted by atomic mass is 32.1. The van der Waals surface area contributed by atoms with Crippen molar-refractivity contribution in [3.8, 4) is 17.1 Å². The average molecular weight is 335 g/mol. The molecule has 0 bridgehead atoms. The Morgan fingerprint density at radius 2 is 1.88 bits per heavy atom. The first-order chi connectivity index (χ1) is 11.8. The summed E-state index contributed by atoms with van der Waals surface area (Å²) in [6.45, 7) is 0. The summed E-state index contributed by atoms with van der Waals surface area (Å²) in [6.07, 6.45) is 7.39. The molecule has 0 saturated heterocycles. The van der Waals surface area contributed by atoms with Crippen molar-refractivity contribution in [2.75, 3.05) is 7.11 Å². The molecule has 0 aliphatic heterocycles. The molecule has 0 amide bonds. The Hall–Kier alpha value is -3.06. The summed E-state index contributed by atoms with van der Waals surface area (Å²) >= 11 is 1.48. The number of hydrogen-bond donors (Lipinski definition) is 0. The predicted molar refractivity (Wildman–Crippen MR) is 93.8 cm³/mol. The summed E-state index contributed by atoms with van der Waals surface area (Å²) < 4.78 is 7.10. The molecule has 0 fully saturated rings. The lowest BCUT2D eigenvalue weighted by Crippen LogP contribution is -1.90. The van der Waals surface area contributed by atoms with Crippen molar-refractivity contribution in [3.63, 3.8) is 0 Å². The lowest BCUT2D eigenvalue weighted by Gasteiger charge is -2.02. The highest BCUT2D eigenvalue weighted by Gasteiger charge is 2.12. The third-order valence-electron chi connectivity index (χ3n) is 3.49. The molecule has 4 aromatic rings. The van der Waals surface area contributed by atoms with Gasteiger partial charge in [0, 0.05) is 23.5 Å². The van der Waals surface area contributed by atoms with Gasteiger partial charge in [0.05, 0.1) is 7.11 Å². The van der Waals surface area contributed by atoms with Gasteiger partial charge in [-0.25, -0.2) is 0 Å². The van der Waals surface area contributed by atoms with Crippen molar-refractivity contribution in [1.29, 1.82) is 0 Å². The van der Waals surface area contributed by atoms with Crippen molar-refractivity contribution in [1.82, 2.24) is 24.8 Å². The number of pyridine rings is 1. The van der Waals surface area contributed by atoms with E-state index < -0.39 is 0 Å². The normalized spacial score (nSPS) is 11.4. The molecule has 6 nitrogen and oxygen atoms in total. The molecule has 1 aromatic carbocycles. The van der Waals surface area contributed by atoms with Crippen LogP contribution >= 0.6 is 11.3 Å². The molecule has 24 heavy (non-hydrogen) atoms. The summed E-state index contributed by atoms with van der Waals surface area (Å²) in [6, 6.07) is 11.6. The Kier molecular flexibility index (Phi) is 3.76. The van der Waals surface area contributed by atoms with E-state index in [0.29, 0.717) is 5.82 Å². The fourth-order valence-electron chi connectivity index (χ4n) is 2.35. The molecule has 0 N–H and O–H groups in total. The SMILES string of the molecule is COc1ccccc1C=Cc1nn2c(-c3ccncc3)nnc2s1. The number of ether oxygens (including phenoxy) is 1. The summed E-state index contributed by atoms with van der Waals surface area (Å²) in [5.74, 6) is 1.54. The van der Waals surface area contributed by atoms with Gasteiger partial charge in [-0.15, -0.1) is 10.2 Å². The molecule has 0 saturated carbocycles. The van der Waals surface area contributed by atoms with E-state index in [2.05, 4.69) is 20.3 Å². The minimum Gasteiger partial charge on any atom is -0.496 e. The van der Waals surface area contributed by atoms with Gasteiger partial charge in [0.25, 0.3) is 0 Å². The molecule has 0 aliphatic carbocycles. The third-order valence-corrected chi connectivity index (χ3v) is 4.35. The standard InChI is InChI=1S/C17H13N5OS/c1-23-14-5-3-2-4-12(14)6-7-15-21-22-16(19-20-17(22)24-15)13-8-10-18-11-9-13/h2-11H,1H3. The monoisotopic (exact) mass is 335 g/mol. The van der Waals surface area contributed by atoms with Gasteiger partial charge in [0.15, 0.2) is 5.82 Å². The molecular weight excluding hydrogens is 322 g/mol. The van der Waals surface area contributed by atoms with E-state index in [1.807, 2.05) is 48.6 Å². The molecule has 7 heteroatoms. The summed E-state index contributed by atoms with van der Waals surface area (Å²) in [7, 11) is 1.66. The van der Waals surface area contributed by atoms with Crippen molar-refractivity contribution >= 4 is 28.4 Å². The number of rotatable bonds is 4. The highest BCUT2D eigenvalue weighted by Crippen LogP contribution is 2.24. The Labute approximate surface area is 142 Å². The maximum Gasteiger partial charge on any atom is 0.235 e. The first-order valence-electron chi connectivity index (χ1n) is 7.29. The van der Waals surface area contributed by atoms with Crippen LogP contribution in [-0.2, 0) is 0 Å². The summed E-state index contributed by atoms with van der Waals surface area (Å²) in [4.78, 5) is 4.77. The van der Waals surface area contributed by atoms with Gasteiger partial charge >= 0.3 is 0 Å². The predicted octanol–water partition coefficient (Wildman–Crippen LogP) is 3.43. The van der Waals surface area contributed by atoms with E-state index in [1.165, 1.54) is 11.3 Å². The molecule has 3 aromatic heterocycles. The van der Waals surface area contributed by atoms with Crippen LogP contribution in [-0.4, -0.2) is 31.9 Å². The van der Waals surface area contributed by atoms with Gasteiger partial charge < -0.3 is 4.74 Å². The largest absolute Gasteiger partial charge is 0.496 e. The fraction of sp³-hybridized carbons (Fsp3) is 0.0588. The van der Waals surface area contributed by atoms with Gasteiger partial charge in [-0.05, 0) is 30.4 Å². The Morgan fingerprint density at radius 1 is 1.04 bits per heavy atom. The number of benzene rings is 1. The second-order valence-electron chi connectivity index (χ2n) is 4.97. The van der Waals surface area contributed by atoms with Crippen LogP contribution in [0.5, 0.6) is 5.75 Å². The summed E-state index contributed by atoms with van der Waals surface area (Å²) in [5.41, 5.74) is 1.93. The molecule has 0 radical (unpaired) electrons. The van der Waals surface area contributed by atoms with Crippen molar-refractivity contribution in [2.24, 2.45) is 0 Å². The zero-order chi connectivity index (χ0) is 16.4. The molecule has 4 rings (SSSR count). The van der Waals surface area contributed by atoms with E-state index in [0.717, 1.165) is 26.8 Å². The first-order valence-corrected chi connectivity index (χ1v) is 8.10. The number of para-hydroxylation sites is 1. The quantitative estimate of drug-likeness (QED) is 0.572. The van der Waals surface area contributed by atoms with Gasteiger partial charge in [-0.3, -0.25) is 4.98 Å². The van der Waals surface area contributed by atoms with E-state index in [4.69, 9.17) is 4.74 Å². The van der Waals surface area contributed by atoms with Gasteiger partial charge in [-0.1, -0.05) is 29.5 Å². The molecule has 118 valence electrons. The van der Waals surface area contributed by atoms with E-state index in [1.54, 1.807) is 24.0 Å². The lowest BCUT2D eigenvalue weighted by atomic mass is 10.2. The van der Waals surface area contributed by atoms with Crippen LogP contribution < -0.4 is 4.74 Å². The molecule has 3 heterocycles. The minimum atomic E-state index is 0.709. The fourth-order valence-corrected chi connectivity index (χ4v) is 3.09. The van der Waals surface area contributed by atoms with Crippen LogP contribution in [0.2, 0.25) is 0 Å². The highest BCUT2D eigenvalue weighted by molar-refractivity contribution is 7.17. The van der Waals surface area contributed by atoms with Crippen LogP contribution in [0.15, 0.2) is 48.8 Å². The Bertz CT molecular complexity index is 1010. The van der Waals surface area contributed by atoms with Crippen molar-refractivity contribution in [2.45, 2.75) is 0 Å². The van der Waals surface area contributed by atoms with E-state index >= 15 is 0 Å². The third kappa shape index (κ3) is 2.65. The van der Waals surface area contributed by atoms with Gasteiger partial charge in [-0.2, -0.15) is 9.61 Å². The molecule has 0 aliphatic rings. The second-order valence-corrected chi connectivity index (χ2v) is 5.96. The zero-order valence-corrected chi connectivity index (χ0v) is 13.6. The molecular formula is C17H13N5OS. The number of aromatic nitrogens is 5. The van der Waals surface area contributed by atoms with Crippen LogP contribution in [0.3, 0.4) is 0 Å². The number of nitrogens with zero attached hydrogens (tertiary/aromatic N) is 5. The lowest BCUT2D eigenvalue weighted by molar-refractivity contribution is 0.414. The Balaban J connectivity index is 1.69.